The molecule has 0 radical (unpaired) electrons. The van der Waals surface area contributed by atoms with E-state index in [1.807, 2.05) is 30.3 Å². The SMILES string of the molecule is CCS(=O)(=O)N[C@H]1CCCN(C(=O)OC)[C@H]1Cc1cccc(-c2ccccc2)c1. The molecule has 1 amide bonds. The molecule has 3 rings (SSSR count). The van der Waals surface area contributed by atoms with E-state index in [0.29, 0.717) is 19.4 Å². The van der Waals surface area contributed by atoms with E-state index in [1.54, 1.807) is 11.8 Å². The predicted molar refractivity (Wildman–Crippen MR) is 114 cm³/mol. The number of piperidine rings is 1. The Kier molecular flexibility index (Phi) is 6.92. The van der Waals surface area contributed by atoms with Gasteiger partial charge in [0.15, 0.2) is 0 Å². The van der Waals surface area contributed by atoms with Crippen molar-refractivity contribution in [2.24, 2.45) is 0 Å². The Bertz CT molecular complexity index is 931. The first-order chi connectivity index (χ1) is 13.9. The largest absolute Gasteiger partial charge is 0.453 e. The van der Waals surface area contributed by atoms with Crippen molar-refractivity contribution in [2.75, 3.05) is 19.4 Å². The molecule has 1 saturated heterocycles. The quantitative estimate of drug-likeness (QED) is 0.783. The van der Waals surface area contributed by atoms with Gasteiger partial charge in [-0.25, -0.2) is 17.9 Å². The smallest absolute Gasteiger partial charge is 0.409 e. The van der Waals surface area contributed by atoms with Crippen LogP contribution in [0.1, 0.15) is 25.3 Å². The number of sulfonamides is 1. The number of nitrogens with one attached hydrogen (secondary N) is 1. The van der Waals surface area contributed by atoms with Gasteiger partial charge in [-0.1, -0.05) is 54.6 Å². The number of ether oxygens (including phenoxy) is 1. The van der Waals surface area contributed by atoms with Crippen LogP contribution in [0.15, 0.2) is 54.6 Å². The Balaban J connectivity index is 1.89. The molecule has 0 aromatic heterocycles. The van der Waals surface area contributed by atoms with Crippen LogP contribution in [0.3, 0.4) is 0 Å². The van der Waals surface area contributed by atoms with E-state index in [4.69, 9.17) is 4.74 Å². The third kappa shape index (κ3) is 5.36. The molecule has 1 aliphatic heterocycles. The van der Waals surface area contributed by atoms with Crippen LogP contribution in [0, 0.1) is 0 Å². The van der Waals surface area contributed by atoms with Crippen LogP contribution in [0.2, 0.25) is 0 Å². The van der Waals surface area contributed by atoms with Gasteiger partial charge in [0.05, 0.1) is 18.9 Å². The first kappa shape index (κ1) is 21.3. The average molecular weight is 417 g/mol. The zero-order chi connectivity index (χ0) is 20.9. The lowest BCUT2D eigenvalue weighted by molar-refractivity contribution is 0.0792. The number of carbonyl (C=O) groups is 1. The van der Waals surface area contributed by atoms with Crippen molar-refractivity contribution in [3.8, 4) is 11.1 Å². The highest BCUT2D eigenvalue weighted by Crippen LogP contribution is 2.26. The number of carbonyl (C=O) groups excluding carboxylic acids is 1. The maximum absolute atomic E-state index is 12.4. The standard InChI is InChI=1S/C22H28N2O4S/c1-3-29(26,27)23-20-13-8-14-24(22(25)28-2)21(20)16-17-9-7-12-19(15-17)18-10-5-4-6-11-18/h4-7,9-12,15,20-21,23H,3,8,13-14,16H2,1-2H3/t20-,21-/m0/s1. The molecule has 6 nitrogen and oxygen atoms in total. The van der Waals surface area contributed by atoms with Gasteiger partial charge in [0.2, 0.25) is 10.0 Å². The zero-order valence-corrected chi connectivity index (χ0v) is 17.7. The number of hydrogen-bond donors (Lipinski definition) is 1. The Morgan fingerprint density at radius 1 is 1.14 bits per heavy atom. The highest BCUT2D eigenvalue weighted by atomic mass is 32.2. The second-order valence-corrected chi connectivity index (χ2v) is 9.31. The summed E-state index contributed by atoms with van der Waals surface area (Å²) in [5.74, 6) is 0.0118. The van der Waals surface area contributed by atoms with E-state index >= 15 is 0 Å². The topological polar surface area (TPSA) is 75.7 Å². The molecule has 2 atom stereocenters. The molecule has 0 spiro atoms. The number of benzene rings is 2. The van der Waals surface area contributed by atoms with Gasteiger partial charge < -0.3 is 9.64 Å². The summed E-state index contributed by atoms with van der Waals surface area (Å²) in [6, 6.07) is 17.6. The van der Waals surface area contributed by atoms with Gasteiger partial charge in [0.25, 0.3) is 0 Å². The van der Waals surface area contributed by atoms with E-state index in [0.717, 1.165) is 23.1 Å². The minimum absolute atomic E-state index is 0.0118. The maximum atomic E-state index is 12.4. The Morgan fingerprint density at radius 2 is 1.86 bits per heavy atom. The van der Waals surface area contributed by atoms with Gasteiger partial charge in [-0.15, -0.1) is 0 Å². The molecule has 2 aromatic rings. The van der Waals surface area contributed by atoms with Gasteiger partial charge >= 0.3 is 6.09 Å². The minimum Gasteiger partial charge on any atom is -0.453 e. The van der Waals surface area contributed by atoms with Crippen LogP contribution in [0.25, 0.3) is 11.1 Å². The Morgan fingerprint density at radius 3 is 2.55 bits per heavy atom. The predicted octanol–water partition coefficient (Wildman–Crippen LogP) is 3.43. The second kappa shape index (κ2) is 9.41. The fourth-order valence-electron chi connectivity index (χ4n) is 3.85. The number of amides is 1. The lowest BCUT2D eigenvalue weighted by Gasteiger charge is -2.40. The highest BCUT2D eigenvalue weighted by Gasteiger charge is 2.36. The third-order valence-corrected chi connectivity index (χ3v) is 6.80. The molecule has 1 aliphatic rings. The second-order valence-electron chi connectivity index (χ2n) is 7.27. The van der Waals surface area contributed by atoms with Crippen molar-refractivity contribution in [2.45, 2.75) is 38.3 Å². The molecule has 0 bridgehead atoms. The maximum Gasteiger partial charge on any atom is 0.409 e. The van der Waals surface area contributed by atoms with Gasteiger partial charge in [-0.05, 0) is 42.9 Å². The Labute approximate surface area is 172 Å². The monoisotopic (exact) mass is 416 g/mol. The molecule has 2 aromatic carbocycles. The molecule has 29 heavy (non-hydrogen) atoms. The number of likely N-dealkylation sites (tertiary alicyclic amines) is 1. The van der Waals surface area contributed by atoms with E-state index in [-0.39, 0.29) is 17.8 Å². The van der Waals surface area contributed by atoms with E-state index in [9.17, 15) is 13.2 Å². The van der Waals surface area contributed by atoms with Gasteiger partial charge in [0.1, 0.15) is 0 Å². The minimum atomic E-state index is -3.38. The zero-order valence-electron chi connectivity index (χ0n) is 16.9. The number of methoxy groups -OCH3 is 1. The van der Waals surface area contributed by atoms with Gasteiger partial charge in [-0.2, -0.15) is 0 Å². The fourth-order valence-corrected chi connectivity index (χ4v) is 4.76. The summed E-state index contributed by atoms with van der Waals surface area (Å²) in [6.07, 6.45) is 1.55. The molecular weight excluding hydrogens is 388 g/mol. The summed E-state index contributed by atoms with van der Waals surface area (Å²) in [5, 5.41) is 0. The summed E-state index contributed by atoms with van der Waals surface area (Å²) < 4.78 is 32.2. The average Bonchev–Trinajstić information content (AvgIpc) is 2.75. The molecular formula is C22H28N2O4S. The molecule has 0 saturated carbocycles. The first-order valence-electron chi connectivity index (χ1n) is 9.92. The lowest BCUT2D eigenvalue weighted by atomic mass is 9.90. The number of rotatable bonds is 6. The highest BCUT2D eigenvalue weighted by molar-refractivity contribution is 7.89. The summed E-state index contributed by atoms with van der Waals surface area (Å²) in [6.45, 7) is 2.17. The molecule has 1 heterocycles. The van der Waals surface area contributed by atoms with Gasteiger partial charge in [0, 0.05) is 12.6 Å². The van der Waals surface area contributed by atoms with Crippen molar-refractivity contribution in [1.82, 2.24) is 9.62 Å². The molecule has 0 aliphatic carbocycles. The van der Waals surface area contributed by atoms with Crippen LogP contribution in [-0.4, -0.2) is 50.9 Å². The van der Waals surface area contributed by atoms with E-state index in [1.165, 1.54) is 7.11 Å². The van der Waals surface area contributed by atoms with Crippen LogP contribution in [0.5, 0.6) is 0 Å². The van der Waals surface area contributed by atoms with E-state index in [2.05, 4.69) is 29.0 Å². The normalized spacial score (nSPS) is 19.7. The summed E-state index contributed by atoms with van der Waals surface area (Å²) in [5.41, 5.74) is 3.26. The van der Waals surface area contributed by atoms with E-state index < -0.39 is 16.1 Å². The van der Waals surface area contributed by atoms with Crippen molar-refractivity contribution in [1.29, 1.82) is 0 Å². The number of nitrogens with zero attached hydrogens (tertiary/aromatic N) is 1. The number of hydrogen-bond acceptors (Lipinski definition) is 4. The summed E-state index contributed by atoms with van der Waals surface area (Å²) in [4.78, 5) is 14.0. The van der Waals surface area contributed by atoms with Gasteiger partial charge in [-0.3, -0.25) is 0 Å². The molecule has 7 heteroatoms. The third-order valence-electron chi connectivity index (χ3n) is 5.38. The molecule has 0 unspecified atom stereocenters. The van der Waals surface area contributed by atoms with Crippen LogP contribution in [-0.2, 0) is 21.2 Å². The van der Waals surface area contributed by atoms with Crippen LogP contribution >= 0.6 is 0 Å². The molecule has 1 fully saturated rings. The summed E-state index contributed by atoms with van der Waals surface area (Å²) >= 11 is 0. The fraction of sp³-hybridized carbons (Fsp3) is 0.409. The Hall–Kier alpha value is -2.38. The van der Waals surface area contributed by atoms with Crippen LogP contribution < -0.4 is 4.72 Å². The van der Waals surface area contributed by atoms with Crippen molar-refractivity contribution in [3.63, 3.8) is 0 Å². The summed E-state index contributed by atoms with van der Waals surface area (Å²) in [7, 11) is -2.02. The lowest BCUT2D eigenvalue weighted by Crippen LogP contribution is -2.58. The first-order valence-corrected chi connectivity index (χ1v) is 11.6. The van der Waals surface area contributed by atoms with Crippen molar-refractivity contribution >= 4 is 16.1 Å². The van der Waals surface area contributed by atoms with Crippen molar-refractivity contribution < 1.29 is 17.9 Å². The van der Waals surface area contributed by atoms with Crippen molar-refractivity contribution in [3.05, 3.63) is 60.2 Å². The molecule has 1 N–H and O–H groups in total. The van der Waals surface area contributed by atoms with Crippen LogP contribution in [0.4, 0.5) is 4.79 Å². The molecule has 156 valence electrons.